The summed E-state index contributed by atoms with van der Waals surface area (Å²) in [5.41, 5.74) is 16.4. The fourth-order valence-corrected chi connectivity index (χ4v) is 13.6. The summed E-state index contributed by atoms with van der Waals surface area (Å²) in [5.74, 6) is 3.77. The van der Waals surface area contributed by atoms with Crippen molar-refractivity contribution in [2.45, 2.75) is 46.3 Å². The molecule has 0 saturated carbocycles. The lowest BCUT2D eigenvalue weighted by atomic mass is 9.78. The molecule has 0 amide bonds. The number of rotatable bonds is 10. The first-order valence-corrected chi connectivity index (χ1v) is 35.1. The number of para-hydroxylation sites is 2. The molecule has 12 heteroatoms. The number of halogens is 1. The lowest BCUT2D eigenvalue weighted by molar-refractivity contribution is 0.00578. The molecule has 1 saturated heterocycles. The van der Waals surface area contributed by atoms with Crippen molar-refractivity contribution in [1.29, 1.82) is 0 Å². The predicted octanol–water partition coefficient (Wildman–Crippen LogP) is 24.1. The van der Waals surface area contributed by atoms with Crippen LogP contribution in [0.25, 0.3) is 167 Å². The summed E-state index contributed by atoms with van der Waals surface area (Å²) in [6.45, 7) is 8.30. The van der Waals surface area contributed by atoms with Crippen molar-refractivity contribution in [1.82, 2.24) is 29.9 Å². The smallest absolute Gasteiger partial charge is 0.455 e. The van der Waals surface area contributed by atoms with E-state index in [1.54, 1.807) is 0 Å². The molecule has 10 nitrogen and oxygen atoms in total. The van der Waals surface area contributed by atoms with Gasteiger partial charge in [0, 0.05) is 70.7 Å². The molecule has 0 N–H and O–H groups in total. The molecule has 0 radical (unpaired) electrons. The Labute approximate surface area is 614 Å². The monoisotopic (exact) mass is 1380 g/mol. The molecule has 19 rings (SSSR count). The SMILES string of the molecule is C.CC1(C)OB(c2ccc3c(ccc4c5ccccc5oc34)c2)OC1(C)C.Clc1cccc(-c2nc(-c3ccccc3)nc(-c3ccc(-c4ccccc4)cc3)n2)c1.c1ccc(-c2ccc(-c3nc(-c4ccccc4)nc(-c4cccc(-c5ccc6c(ccc7c8ccccc8oc67)c5)c4)n3)cc2)cc1. The van der Waals surface area contributed by atoms with Crippen LogP contribution in [0, 0.1) is 0 Å². The zero-order valence-corrected chi connectivity index (χ0v) is 58.2. The van der Waals surface area contributed by atoms with E-state index in [2.05, 4.69) is 204 Å². The highest BCUT2D eigenvalue weighted by atomic mass is 35.5. The van der Waals surface area contributed by atoms with Gasteiger partial charge in [-0.2, -0.15) is 0 Å². The molecule has 1 aliphatic rings. The van der Waals surface area contributed by atoms with Gasteiger partial charge in [-0.25, -0.2) is 29.9 Å². The summed E-state index contributed by atoms with van der Waals surface area (Å²) in [5, 5.41) is 9.70. The minimum absolute atomic E-state index is 0. The average Bonchev–Trinajstić information content (AvgIpc) is 1.64. The van der Waals surface area contributed by atoms with Gasteiger partial charge < -0.3 is 18.1 Å². The highest BCUT2D eigenvalue weighted by molar-refractivity contribution is 6.62. The van der Waals surface area contributed by atoms with Crippen molar-refractivity contribution in [3.63, 3.8) is 0 Å². The Morgan fingerprint density at radius 3 is 1.03 bits per heavy atom. The Balaban J connectivity index is 0.000000127. The summed E-state index contributed by atoms with van der Waals surface area (Å²) in [7, 11) is -0.351. The van der Waals surface area contributed by atoms with Crippen molar-refractivity contribution in [3.05, 3.63) is 333 Å². The number of hydrogen-bond acceptors (Lipinski definition) is 10. The summed E-state index contributed by atoms with van der Waals surface area (Å²) >= 11 is 6.21. The summed E-state index contributed by atoms with van der Waals surface area (Å²) in [4.78, 5) is 29.2. The van der Waals surface area contributed by atoms with Crippen LogP contribution in [0.2, 0.25) is 5.02 Å². The van der Waals surface area contributed by atoms with E-state index in [1.807, 2.05) is 152 Å². The zero-order valence-electron chi connectivity index (χ0n) is 57.4. The minimum atomic E-state index is -0.351. The first-order valence-electron chi connectivity index (χ1n) is 34.7. The maximum atomic E-state index is 6.29. The Bertz CT molecular complexity index is 6180. The molecule has 506 valence electrons. The second-order valence-corrected chi connectivity index (χ2v) is 27.3. The number of benzene rings is 14. The number of aromatic nitrogens is 6. The minimum Gasteiger partial charge on any atom is -0.455 e. The van der Waals surface area contributed by atoms with Gasteiger partial charge in [0.15, 0.2) is 34.9 Å². The molecule has 18 aromatic rings. The fraction of sp³-hybridized carbons (Fsp3) is 0.0753. The van der Waals surface area contributed by atoms with Crippen molar-refractivity contribution >= 4 is 89.6 Å². The first kappa shape index (κ1) is 67.0. The predicted molar refractivity (Wildman–Crippen MR) is 432 cm³/mol. The van der Waals surface area contributed by atoms with Crippen LogP contribution in [-0.2, 0) is 9.31 Å². The van der Waals surface area contributed by atoms with Crippen molar-refractivity contribution in [2.75, 3.05) is 0 Å². The van der Waals surface area contributed by atoms with Gasteiger partial charge in [-0.1, -0.05) is 292 Å². The molecule has 0 atom stereocenters. The maximum absolute atomic E-state index is 6.29. The largest absolute Gasteiger partial charge is 0.494 e. The van der Waals surface area contributed by atoms with Crippen LogP contribution in [0.3, 0.4) is 0 Å². The van der Waals surface area contributed by atoms with Gasteiger partial charge in [-0.05, 0) is 132 Å². The molecule has 4 aromatic heterocycles. The lowest BCUT2D eigenvalue weighted by Crippen LogP contribution is -2.41. The Morgan fingerprint density at radius 2 is 0.571 bits per heavy atom. The molecule has 1 fully saturated rings. The molecule has 0 spiro atoms. The van der Waals surface area contributed by atoms with Crippen molar-refractivity contribution < 1.29 is 18.1 Å². The van der Waals surface area contributed by atoms with E-state index in [0.29, 0.717) is 40.0 Å². The van der Waals surface area contributed by atoms with E-state index in [0.717, 1.165) is 127 Å². The number of fused-ring (bicyclic) bond motifs is 10. The van der Waals surface area contributed by atoms with Gasteiger partial charge in [0.1, 0.15) is 22.3 Å². The van der Waals surface area contributed by atoms with Crippen LogP contribution in [-0.4, -0.2) is 48.2 Å². The number of furan rings is 2. The fourth-order valence-electron chi connectivity index (χ4n) is 13.4. The average molecular weight is 1380 g/mol. The van der Waals surface area contributed by atoms with Crippen LogP contribution in [0.5, 0.6) is 0 Å². The van der Waals surface area contributed by atoms with Gasteiger partial charge in [0.25, 0.3) is 0 Å². The van der Waals surface area contributed by atoms with Crippen LogP contribution in [0.1, 0.15) is 35.1 Å². The summed E-state index contributed by atoms with van der Waals surface area (Å²) in [6.07, 6.45) is 0. The van der Waals surface area contributed by atoms with E-state index in [1.165, 1.54) is 11.1 Å². The summed E-state index contributed by atoms with van der Waals surface area (Å²) in [6, 6.07) is 111. The van der Waals surface area contributed by atoms with E-state index >= 15 is 0 Å². The van der Waals surface area contributed by atoms with Crippen LogP contribution < -0.4 is 5.46 Å². The van der Waals surface area contributed by atoms with E-state index in [4.69, 9.17) is 59.6 Å². The topological polar surface area (TPSA) is 122 Å². The second kappa shape index (κ2) is 28.4. The molecular weight excluding hydrogens is 1310 g/mol. The third-order valence-electron chi connectivity index (χ3n) is 19.6. The lowest BCUT2D eigenvalue weighted by Gasteiger charge is -2.32. The van der Waals surface area contributed by atoms with E-state index < -0.39 is 0 Å². The van der Waals surface area contributed by atoms with Gasteiger partial charge in [-0.3, -0.25) is 0 Å². The van der Waals surface area contributed by atoms with E-state index in [9.17, 15) is 0 Å². The highest BCUT2D eigenvalue weighted by Gasteiger charge is 2.51. The molecule has 0 aliphatic carbocycles. The Morgan fingerprint density at radius 1 is 0.257 bits per heavy atom. The third-order valence-corrected chi connectivity index (χ3v) is 19.9. The molecular formula is C93H70BClN6O4. The maximum Gasteiger partial charge on any atom is 0.494 e. The van der Waals surface area contributed by atoms with Crippen LogP contribution in [0.15, 0.2) is 336 Å². The molecule has 1 aliphatic heterocycles. The quantitative estimate of drug-likeness (QED) is 0.122. The van der Waals surface area contributed by atoms with Crippen molar-refractivity contribution in [2.24, 2.45) is 0 Å². The third kappa shape index (κ3) is 13.6. The zero-order chi connectivity index (χ0) is 70.3. The normalized spacial score (nSPS) is 13.0. The molecule has 5 heterocycles. The van der Waals surface area contributed by atoms with Gasteiger partial charge >= 0.3 is 7.12 Å². The van der Waals surface area contributed by atoms with Gasteiger partial charge in [-0.15, -0.1) is 0 Å². The Hall–Kier alpha value is -12.5. The summed E-state index contributed by atoms with van der Waals surface area (Å²) < 4.78 is 24.8. The first-order chi connectivity index (χ1) is 50.9. The number of nitrogens with zero attached hydrogens (tertiary/aromatic N) is 6. The second-order valence-electron chi connectivity index (χ2n) is 26.9. The molecule has 105 heavy (non-hydrogen) atoms. The van der Waals surface area contributed by atoms with Crippen LogP contribution >= 0.6 is 11.6 Å². The molecule has 0 bridgehead atoms. The Kier molecular flexibility index (Phi) is 18.1. The molecule has 0 unspecified atom stereocenters. The standard InChI is InChI=1S/C43H27N3O.C27H18ClN3.C22H21BO3.CH4/c1-3-10-28(11-4-1)29-18-20-31(21-19-29)42-44-41(30-12-5-2-6-13-30)45-43(46-42)35-15-9-14-32(27-35)33-22-24-36-34(26-33)23-25-38-37-16-7-8-17-39(37)47-40(36)38;28-24-13-7-12-23(18-24)27-30-25(21-10-5-2-6-11-21)29-26(31-27)22-16-14-20(15-17-22)19-8-3-1-4-9-19;1-21(2)22(3,4)26-23(25-21)15-10-12-16-14(13-15)9-11-18-17-7-5-6-8-19(17)24-20(16)18;/h1-27H;1-18H;5-13H,1-4H3;1H4. The van der Waals surface area contributed by atoms with Crippen LogP contribution in [0.4, 0.5) is 0 Å². The molecule has 14 aromatic carbocycles. The number of hydrogen-bond donors (Lipinski definition) is 0. The highest BCUT2D eigenvalue weighted by Crippen LogP contribution is 2.40. The van der Waals surface area contributed by atoms with Gasteiger partial charge in [0.05, 0.1) is 11.2 Å². The van der Waals surface area contributed by atoms with Crippen molar-refractivity contribution in [3.8, 4) is 102 Å². The van der Waals surface area contributed by atoms with Gasteiger partial charge in [0.2, 0.25) is 0 Å². The van der Waals surface area contributed by atoms with E-state index in [-0.39, 0.29) is 25.7 Å².